The monoisotopic (exact) mass is 361 g/mol. The molecular formula is C18H23N3O3S. The lowest BCUT2D eigenvalue weighted by Gasteiger charge is -2.39. The van der Waals surface area contributed by atoms with Crippen molar-refractivity contribution in [3.8, 4) is 11.7 Å². The number of nitrogens with zero attached hydrogens (tertiary/aromatic N) is 3. The van der Waals surface area contributed by atoms with Gasteiger partial charge >= 0.3 is 0 Å². The third-order valence-corrected chi connectivity index (χ3v) is 6.00. The second kappa shape index (κ2) is 5.90. The molecule has 0 spiro atoms. The summed E-state index contributed by atoms with van der Waals surface area (Å²) < 4.78 is 10.8. The Morgan fingerprint density at radius 1 is 1.36 bits per heavy atom. The minimum Gasteiger partial charge on any atom is -0.459 e. The molecule has 134 valence electrons. The van der Waals surface area contributed by atoms with Crippen LogP contribution in [-0.2, 0) is 4.79 Å². The molecule has 2 fully saturated rings. The van der Waals surface area contributed by atoms with Crippen LogP contribution in [0.2, 0.25) is 0 Å². The van der Waals surface area contributed by atoms with Crippen molar-refractivity contribution < 1.29 is 13.6 Å². The SMILES string of the molecule is CC1(C)C[C@@H]2C[C@@](C)(CN2C(=O)CSc2nnc(-c3ccco3)o2)C1. The highest BCUT2D eigenvalue weighted by molar-refractivity contribution is 7.99. The molecule has 1 aliphatic heterocycles. The predicted molar refractivity (Wildman–Crippen MR) is 94.0 cm³/mol. The van der Waals surface area contributed by atoms with Gasteiger partial charge in [-0.3, -0.25) is 4.79 Å². The standard InChI is InChI=1S/C18H23N3O3S/c1-17(2)7-12-8-18(3,10-17)11-21(12)14(22)9-25-16-20-19-15(24-16)13-5-4-6-23-13/h4-6,12H,7-11H2,1-3H3/t12-,18-/m1/s1. The van der Waals surface area contributed by atoms with Gasteiger partial charge in [0.2, 0.25) is 5.91 Å². The Labute approximate surface area is 151 Å². The van der Waals surface area contributed by atoms with Crippen LogP contribution in [0.3, 0.4) is 0 Å². The summed E-state index contributed by atoms with van der Waals surface area (Å²) in [5.41, 5.74) is 0.563. The largest absolute Gasteiger partial charge is 0.459 e. The number of aromatic nitrogens is 2. The maximum atomic E-state index is 12.7. The minimum absolute atomic E-state index is 0.161. The highest BCUT2D eigenvalue weighted by atomic mass is 32.2. The van der Waals surface area contributed by atoms with Crippen LogP contribution >= 0.6 is 11.8 Å². The molecule has 7 heteroatoms. The quantitative estimate of drug-likeness (QED) is 0.770. The zero-order chi connectivity index (χ0) is 17.7. The van der Waals surface area contributed by atoms with Crippen LogP contribution in [0.4, 0.5) is 0 Å². The molecule has 1 saturated carbocycles. The highest BCUT2D eigenvalue weighted by Crippen LogP contribution is 2.52. The van der Waals surface area contributed by atoms with Crippen LogP contribution in [0.15, 0.2) is 32.5 Å². The fourth-order valence-electron chi connectivity index (χ4n) is 4.73. The Bertz CT molecular complexity index is 770. The van der Waals surface area contributed by atoms with Crippen LogP contribution in [-0.4, -0.2) is 39.3 Å². The number of furan rings is 1. The number of amides is 1. The van der Waals surface area contributed by atoms with Gasteiger partial charge in [-0.25, -0.2) is 0 Å². The first-order chi connectivity index (χ1) is 11.8. The molecule has 0 N–H and O–H groups in total. The summed E-state index contributed by atoms with van der Waals surface area (Å²) in [5, 5.41) is 8.35. The summed E-state index contributed by atoms with van der Waals surface area (Å²) >= 11 is 1.29. The number of carbonyl (C=O) groups excluding carboxylic acids is 1. The van der Waals surface area contributed by atoms with Gasteiger partial charge in [-0.1, -0.05) is 32.5 Å². The number of carbonyl (C=O) groups is 1. The minimum atomic E-state index is 0.161. The molecule has 2 aromatic rings. The van der Waals surface area contributed by atoms with E-state index in [1.54, 1.807) is 18.4 Å². The van der Waals surface area contributed by atoms with Crippen LogP contribution in [0.25, 0.3) is 11.7 Å². The normalized spacial score (nSPS) is 27.6. The van der Waals surface area contributed by atoms with E-state index in [0.717, 1.165) is 19.4 Å². The molecule has 3 heterocycles. The number of hydrogen-bond acceptors (Lipinski definition) is 6. The van der Waals surface area contributed by atoms with E-state index in [1.165, 1.54) is 18.2 Å². The Hall–Kier alpha value is -1.76. The van der Waals surface area contributed by atoms with Crippen molar-refractivity contribution in [1.29, 1.82) is 0 Å². The predicted octanol–water partition coefficient (Wildman–Crippen LogP) is 3.85. The number of rotatable bonds is 4. The van der Waals surface area contributed by atoms with Crippen molar-refractivity contribution in [2.24, 2.45) is 10.8 Å². The van der Waals surface area contributed by atoms with E-state index in [2.05, 4.69) is 35.9 Å². The van der Waals surface area contributed by atoms with Gasteiger partial charge in [-0.05, 0) is 42.2 Å². The van der Waals surface area contributed by atoms with Crippen molar-refractivity contribution in [3.63, 3.8) is 0 Å². The van der Waals surface area contributed by atoms with E-state index in [-0.39, 0.29) is 11.3 Å². The van der Waals surface area contributed by atoms with Gasteiger partial charge < -0.3 is 13.7 Å². The van der Waals surface area contributed by atoms with Crippen molar-refractivity contribution in [3.05, 3.63) is 18.4 Å². The van der Waals surface area contributed by atoms with E-state index in [0.29, 0.717) is 34.1 Å². The molecule has 0 unspecified atom stereocenters. The zero-order valence-corrected chi connectivity index (χ0v) is 15.6. The van der Waals surface area contributed by atoms with E-state index in [4.69, 9.17) is 8.83 Å². The Morgan fingerprint density at radius 3 is 2.96 bits per heavy atom. The van der Waals surface area contributed by atoms with Crippen LogP contribution in [0.5, 0.6) is 0 Å². The van der Waals surface area contributed by atoms with E-state index in [9.17, 15) is 4.79 Å². The van der Waals surface area contributed by atoms with Crippen molar-refractivity contribution in [1.82, 2.24) is 15.1 Å². The summed E-state index contributed by atoms with van der Waals surface area (Å²) in [6.07, 6.45) is 4.95. The van der Waals surface area contributed by atoms with Gasteiger partial charge in [0.1, 0.15) is 0 Å². The van der Waals surface area contributed by atoms with E-state index < -0.39 is 0 Å². The Balaban J connectivity index is 1.38. The lowest BCUT2D eigenvalue weighted by Crippen LogP contribution is -2.38. The summed E-state index contributed by atoms with van der Waals surface area (Å²) in [6.45, 7) is 7.81. The zero-order valence-electron chi connectivity index (χ0n) is 14.8. The molecule has 1 saturated heterocycles. The van der Waals surface area contributed by atoms with Gasteiger partial charge in [0.15, 0.2) is 5.76 Å². The first kappa shape index (κ1) is 16.7. The smallest absolute Gasteiger partial charge is 0.284 e. The van der Waals surface area contributed by atoms with Gasteiger partial charge in [0.25, 0.3) is 11.1 Å². The lowest BCUT2D eigenvalue weighted by molar-refractivity contribution is -0.129. The van der Waals surface area contributed by atoms with Crippen LogP contribution in [0.1, 0.15) is 40.0 Å². The number of fused-ring (bicyclic) bond motifs is 2. The molecule has 0 radical (unpaired) electrons. The molecule has 1 aliphatic carbocycles. The topological polar surface area (TPSA) is 72.4 Å². The number of thioether (sulfide) groups is 1. The van der Waals surface area contributed by atoms with Gasteiger partial charge in [-0.2, -0.15) is 0 Å². The third kappa shape index (κ3) is 3.34. The number of hydrogen-bond donors (Lipinski definition) is 0. The molecule has 2 atom stereocenters. The van der Waals surface area contributed by atoms with Crippen LogP contribution < -0.4 is 0 Å². The molecule has 2 aromatic heterocycles. The molecule has 2 bridgehead atoms. The summed E-state index contributed by atoms with van der Waals surface area (Å²) in [6, 6.07) is 3.90. The van der Waals surface area contributed by atoms with E-state index in [1.807, 2.05) is 0 Å². The third-order valence-electron chi connectivity index (χ3n) is 5.19. The fraction of sp³-hybridized carbons (Fsp3) is 0.611. The van der Waals surface area contributed by atoms with Gasteiger partial charge in [-0.15, -0.1) is 10.2 Å². The molecule has 6 nitrogen and oxygen atoms in total. The van der Waals surface area contributed by atoms with Crippen molar-refractivity contribution in [2.75, 3.05) is 12.3 Å². The average Bonchev–Trinajstić information content (AvgIpc) is 3.22. The van der Waals surface area contributed by atoms with Crippen molar-refractivity contribution in [2.45, 2.75) is 51.3 Å². The Morgan fingerprint density at radius 2 is 2.20 bits per heavy atom. The van der Waals surface area contributed by atoms with Gasteiger partial charge in [0, 0.05) is 12.6 Å². The summed E-state index contributed by atoms with van der Waals surface area (Å²) in [7, 11) is 0. The summed E-state index contributed by atoms with van der Waals surface area (Å²) in [4.78, 5) is 14.8. The second-order valence-electron chi connectivity index (χ2n) is 8.37. The number of likely N-dealkylation sites (tertiary alicyclic amines) is 1. The van der Waals surface area contributed by atoms with Crippen LogP contribution in [0, 0.1) is 10.8 Å². The molecule has 2 aliphatic rings. The van der Waals surface area contributed by atoms with Crippen molar-refractivity contribution >= 4 is 17.7 Å². The second-order valence-corrected chi connectivity index (χ2v) is 9.30. The summed E-state index contributed by atoms with van der Waals surface area (Å²) in [5.74, 6) is 1.36. The van der Waals surface area contributed by atoms with Gasteiger partial charge in [0.05, 0.1) is 12.0 Å². The highest BCUT2D eigenvalue weighted by Gasteiger charge is 2.50. The maximum Gasteiger partial charge on any atom is 0.284 e. The fourth-order valence-corrected chi connectivity index (χ4v) is 5.38. The first-order valence-electron chi connectivity index (χ1n) is 8.63. The molecule has 25 heavy (non-hydrogen) atoms. The maximum absolute atomic E-state index is 12.7. The molecule has 1 amide bonds. The average molecular weight is 361 g/mol. The molecule has 0 aromatic carbocycles. The first-order valence-corrected chi connectivity index (χ1v) is 9.62. The van der Waals surface area contributed by atoms with E-state index >= 15 is 0 Å². The molecule has 4 rings (SSSR count). The Kier molecular flexibility index (Phi) is 3.94. The molecular weight excluding hydrogens is 338 g/mol. The lowest BCUT2D eigenvalue weighted by atomic mass is 9.65.